The molecule has 35 heavy (non-hydrogen) atoms. The smallest absolute Gasteiger partial charge is 0.336 e. The minimum atomic E-state index is -0.774. The van der Waals surface area contributed by atoms with Gasteiger partial charge >= 0.3 is 5.63 Å². The molecule has 2 atom stereocenters. The average Bonchev–Trinajstić information content (AvgIpc) is 2.91. The first-order valence-electron chi connectivity index (χ1n) is 11.0. The van der Waals surface area contributed by atoms with Gasteiger partial charge in [-0.25, -0.2) is 4.79 Å². The van der Waals surface area contributed by atoms with Gasteiger partial charge in [0.1, 0.15) is 6.61 Å². The molecule has 1 aromatic heterocycles. The molecule has 0 unspecified atom stereocenters. The van der Waals surface area contributed by atoms with Gasteiger partial charge in [0.2, 0.25) is 11.5 Å². The van der Waals surface area contributed by atoms with Crippen molar-refractivity contribution in [1.29, 1.82) is 0 Å². The van der Waals surface area contributed by atoms with E-state index in [1.807, 2.05) is 30.3 Å². The molecule has 0 bridgehead atoms. The largest absolute Gasteiger partial charge is 0.493 e. The Morgan fingerprint density at radius 2 is 1.63 bits per heavy atom. The van der Waals surface area contributed by atoms with Gasteiger partial charge in [-0.05, 0) is 35.9 Å². The first-order chi connectivity index (χ1) is 17.1. The minimum absolute atomic E-state index is 0.270. The summed E-state index contributed by atoms with van der Waals surface area (Å²) in [4.78, 5) is 11.8. The highest BCUT2D eigenvalue weighted by atomic mass is 16.6. The van der Waals surface area contributed by atoms with E-state index in [1.165, 1.54) is 6.07 Å². The van der Waals surface area contributed by atoms with Crippen LogP contribution < -0.4 is 29.3 Å². The van der Waals surface area contributed by atoms with Gasteiger partial charge < -0.3 is 33.2 Å². The molecule has 0 fully saturated rings. The van der Waals surface area contributed by atoms with Crippen molar-refractivity contribution in [1.82, 2.24) is 0 Å². The van der Waals surface area contributed by atoms with E-state index in [0.29, 0.717) is 40.6 Å². The molecule has 0 radical (unpaired) electrons. The third-order valence-electron chi connectivity index (χ3n) is 5.79. The molecular weight excluding hydrogens is 452 g/mol. The summed E-state index contributed by atoms with van der Waals surface area (Å²) in [5, 5.41) is 10.8. The number of aliphatic hydroxyl groups is 1. The summed E-state index contributed by atoms with van der Waals surface area (Å²) in [7, 11) is 3.08. The van der Waals surface area contributed by atoms with Crippen molar-refractivity contribution in [2.45, 2.75) is 18.8 Å². The molecule has 0 saturated carbocycles. The van der Waals surface area contributed by atoms with Gasteiger partial charge in [0.15, 0.2) is 35.0 Å². The second kappa shape index (κ2) is 9.60. The maximum Gasteiger partial charge on any atom is 0.336 e. The Kier molecular flexibility index (Phi) is 6.20. The van der Waals surface area contributed by atoms with E-state index in [2.05, 4.69) is 0 Å². The zero-order chi connectivity index (χ0) is 24.4. The van der Waals surface area contributed by atoms with Gasteiger partial charge in [-0.1, -0.05) is 30.3 Å². The summed E-state index contributed by atoms with van der Waals surface area (Å²) in [6.07, 6.45) is -1.46. The van der Waals surface area contributed by atoms with Crippen molar-refractivity contribution in [3.63, 3.8) is 0 Å². The topological polar surface area (TPSA) is 96.6 Å². The number of rotatable bonds is 7. The van der Waals surface area contributed by atoms with Crippen LogP contribution >= 0.6 is 0 Å². The summed E-state index contributed by atoms with van der Waals surface area (Å²) < 4.78 is 34.9. The zero-order valence-corrected chi connectivity index (χ0v) is 19.2. The van der Waals surface area contributed by atoms with Crippen molar-refractivity contribution in [2.75, 3.05) is 20.8 Å². The molecule has 1 aliphatic heterocycles. The molecule has 2 heterocycles. The molecule has 0 amide bonds. The Balaban J connectivity index is 1.50. The van der Waals surface area contributed by atoms with E-state index in [-0.39, 0.29) is 17.9 Å². The normalized spacial score (nSPS) is 16.7. The van der Waals surface area contributed by atoms with Crippen LogP contribution in [0.15, 0.2) is 75.9 Å². The quantitative estimate of drug-likeness (QED) is 0.395. The van der Waals surface area contributed by atoms with Gasteiger partial charge in [-0.3, -0.25) is 0 Å². The van der Waals surface area contributed by atoms with E-state index >= 15 is 0 Å². The third-order valence-corrected chi connectivity index (χ3v) is 5.79. The number of benzene rings is 3. The Morgan fingerprint density at radius 1 is 0.914 bits per heavy atom. The predicted molar refractivity (Wildman–Crippen MR) is 128 cm³/mol. The highest BCUT2D eigenvalue weighted by Gasteiger charge is 2.35. The van der Waals surface area contributed by atoms with Crippen molar-refractivity contribution in [2.24, 2.45) is 0 Å². The molecule has 180 valence electrons. The lowest BCUT2D eigenvalue weighted by molar-refractivity contribution is -0.0119. The second-order valence-electron chi connectivity index (χ2n) is 7.97. The first kappa shape index (κ1) is 22.6. The van der Waals surface area contributed by atoms with Crippen LogP contribution in [0.25, 0.3) is 11.0 Å². The third kappa shape index (κ3) is 4.36. The van der Waals surface area contributed by atoms with Crippen LogP contribution in [-0.4, -0.2) is 32.0 Å². The van der Waals surface area contributed by atoms with Gasteiger partial charge in [-0.2, -0.15) is 0 Å². The fourth-order valence-corrected chi connectivity index (χ4v) is 4.07. The lowest BCUT2D eigenvalue weighted by Crippen LogP contribution is -2.36. The Labute approximate surface area is 201 Å². The molecular formula is C27H24O8. The number of hydrogen-bond acceptors (Lipinski definition) is 8. The van der Waals surface area contributed by atoms with E-state index in [4.69, 9.17) is 28.1 Å². The van der Waals surface area contributed by atoms with Gasteiger partial charge in [0.05, 0.1) is 20.8 Å². The maximum atomic E-state index is 11.8. The number of aliphatic hydroxyl groups excluding tert-OH is 1. The van der Waals surface area contributed by atoms with Crippen molar-refractivity contribution in [3.05, 3.63) is 88.3 Å². The van der Waals surface area contributed by atoms with Crippen LogP contribution in [0.3, 0.4) is 0 Å². The van der Waals surface area contributed by atoms with E-state index < -0.39 is 17.8 Å². The van der Waals surface area contributed by atoms with Crippen molar-refractivity contribution in [3.8, 4) is 28.7 Å². The average molecular weight is 476 g/mol. The molecule has 1 N–H and O–H groups in total. The predicted octanol–water partition coefficient (Wildman–Crippen LogP) is 4.26. The molecule has 1 aliphatic rings. The van der Waals surface area contributed by atoms with Crippen LogP contribution in [0.4, 0.5) is 0 Å². The molecule has 3 aromatic carbocycles. The highest BCUT2D eigenvalue weighted by molar-refractivity contribution is 5.85. The summed E-state index contributed by atoms with van der Waals surface area (Å²) in [6.45, 7) is -0.00465. The SMILES string of the molecule is COc1cc([C@@H]2Oc3ccc4ccc(=O)oc4c3O[C@H]2CO)cc(OC)c1OCc1ccccc1. The van der Waals surface area contributed by atoms with E-state index in [0.717, 1.165) is 5.56 Å². The fourth-order valence-electron chi connectivity index (χ4n) is 4.07. The van der Waals surface area contributed by atoms with Gasteiger partial charge in [0.25, 0.3) is 0 Å². The lowest BCUT2D eigenvalue weighted by Gasteiger charge is -2.33. The number of fused-ring (bicyclic) bond motifs is 3. The maximum absolute atomic E-state index is 11.8. The standard InChI is InChI=1S/C27H24O8/c1-30-20-12-18(13-21(31-2)26(20)32-15-16-6-4-3-5-7-16)24-22(14-28)34-27-19(33-24)10-8-17-9-11-23(29)35-25(17)27/h3-13,22,24,28H,14-15H2,1-2H3/t22-,24-/m0/s1. The van der Waals surface area contributed by atoms with Gasteiger partial charge in [-0.15, -0.1) is 0 Å². The number of methoxy groups -OCH3 is 2. The van der Waals surface area contributed by atoms with Crippen LogP contribution in [0, 0.1) is 0 Å². The molecule has 4 aromatic rings. The van der Waals surface area contributed by atoms with Crippen LogP contribution in [-0.2, 0) is 6.61 Å². The molecule has 0 saturated heterocycles. The van der Waals surface area contributed by atoms with Crippen molar-refractivity contribution < 1.29 is 33.2 Å². The molecule has 5 rings (SSSR count). The Morgan fingerprint density at radius 3 is 2.31 bits per heavy atom. The first-order valence-corrected chi connectivity index (χ1v) is 11.0. The second-order valence-corrected chi connectivity index (χ2v) is 7.97. The molecule has 8 nitrogen and oxygen atoms in total. The summed E-state index contributed by atoms with van der Waals surface area (Å²) >= 11 is 0. The Hall–Kier alpha value is -4.17. The Bertz CT molecular complexity index is 1370. The van der Waals surface area contributed by atoms with E-state index in [9.17, 15) is 9.90 Å². The van der Waals surface area contributed by atoms with Crippen LogP contribution in [0.2, 0.25) is 0 Å². The molecule has 0 aliphatic carbocycles. The number of hydrogen-bond donors (Lipinski definition) is 1. The zero-order valence-electron chi connectivity index (χ0n) is 19.2. The molecule has 8 heteroatoms. The summed E-state index contributed by atoms with van der Waals surface area (Å²) in [5.74, 6) is 2.02. The van der Waals surface area contributed by atoms with Crippen molar-refractivity contribution >= 4 is 11.0 Å². The monoisotopic (exact) mass is 476 g/mol. The minimum Gasteiger partial charge on any atom is -0.493 e. The van der Waals surface area contributed by atoms with E-state index in [1.54, 1.807) is 44.6 Å². The number of ether oxygens (including phenoxy) is 5. The van der Waals surface area contributed by atoms with Crippen LogP contribution in [0.1, 0.15) is 17.2 Å². The van der Waals surface area contributed by atoms with Gasteiger partial charge in [0, 0.05) is 17.0 Å². The lowest BCUT2D eigenvalue weighted by atomic mass is 10.0. The summed E-state index contributed by atoms with van der Waals surface area (Å²) in [6, 6.07) is 19.8. The molecule has 0 spiro atoms. The van der Waals surface area contributed by atoms with Crippen LogP contribution in [0.5, 0.6) is 28.7 Å². The fraction of sp³-hybridized carbons (Fsp3) is 0.222. The highest BCUT2D eigenvalue weighted by Crippen LogP contribution is 2.46. The summed E-state index contributed by atoms with van der Waals surface area (Å²) in [5.41, 5.74) is 1.43.